The molecular weight excluding hydrogens is 480 g/mol. The average Bonchev–Trinajstić information content (AvgIpc) is 2.78. The molecule has 4 rings (SSSR count). The normalized spacial score (nSPS) is 17.6. The Morgan fingerprint density at radius 1 is 1.09 bits per heavy atom. The number of anilines is 2. The summed E-state index contributed by atoms with van der Waals surface area (Å²) in [6.07, 6.45) is 0.689. The van der Waals surface area contributed by atoms with Crippen molar-refractivity contribution < 1.29 is 21.9 Å². The van der Waals surface area contributed by atoms with Gasteiger partial charge in [0.15, 0.2) is 11.6 Å². The second-order valence-corrected chi connectivity index (χ2v) is 10.7. The van der Waals surface area contributed by atoms with Crippen LogP contribution in [0.1, 0.15) is 37.3 Å². The molecule has 0 bridgehead atoms. The minimum atomic E-state index is -3.86. The smallest absolute Gasteiger partial charge is 0.238 e. The number of nitrogens with two attached hydrogens (primary N) is 1. The van der Waals surface area contributed by atoms with E-state index in [1.54, 1.807) is 12.1 Å². The Hall–Kier alpha value is -2.82. The van der Waals surface area contributed by atoms with Gasteiger partial charge in [-0.25, -0.2) is 22.3 Å². The average molecular weight is 506 g/mol. The first kappa shape index (κ1) is 24.3. The summed E-state index contributed by atoms with van der Waals surface area (Å²) in [5, 5.41) is 8.65. The molecular formula is C24H25F2N3O3S2. The van der Waals surface area contributed by atoms with Crippen LogP contribution >= 0.6 is 11.9 Å². The van der Waals surface area contributed by atoms with Gasteiger partial charge in [0.25, 0.3) is 0 Å². The van der Waals surface area contributed by atoms with Crippen LogP contribution in [0.25, 0.3) is 0 Å². The third-order valence-corrected chi connectivity index (χ3v) is 7.13. The molecule has 1 aliphatic rings. The van der Waals surface area contributed by atoms with Crippen molar-refractivity contribution in [2.45, 2.75) is 37.1 Å². The molecule has 1 aliphatic heterocycles. The van der Waals surface area contributed by atoms with E-state index >= 15 is 0 Å². The van der Waals surface area contributed by atoms with Crippen LogP contribution in [-0.2, 0) is 10.0 Å². The van der Waals surface area contributed by atoms with E-state index in [0.717, 1.165) is 34.7 Å². The zero-order chi connectivity index (χ0) is 24.5. The summed E-state index contributed by atoms with van der Waals surface area (Å²) in [4.78, 5) is 0.0196. The maximum atomic E-state index is 14.4. The van der Waals surface area contributed by atoms with Gasteiger partial charge in [-0.3, -0.25) is 0 Å². The SMILES string of the molecule is CCSNc1ccc(Oc2ccc(F)cc2F)c(C2CC(C)Nc3cc(S(N)(=O)=O)ccc32)c1. The van der Waals surface area contributed by atoms with Crippen molar-refractivity contribution in [3.05, 3.63) is 77.4 Å². The van der Waals surface area contributed by atoms with Gasteiger partial charge in [-0.2, -0.15) is 0 Å². The Morgan fingerprint density at radius 2 is 1.85 bits per heavy atom. The number of fused-ring (bicyclic) bond motifs is 1. The topological polar surface area (TPSA) is 93.4 Å². The molecule has 0 radical (unpaired) electrons. The van der Waals surface area contributed by atoms with Crippen molar-refractivity contribution in [3.8, 4) is 11.5 Å². The largest absolute Gasteiger partial charge is 0.454 e. The molecule has 0 amide bonds. The van der Waals surface area contributed by atoms with Crippen LogP contribution in [-0.4, -0.2) is 20.2 Å². The predicted octanol–water partition coefficient (Wildman–Crippen LogP) is 5.82. The van der Waals surface area contributed by atoms with Gasteiger partial charge in [0.2, 0.25) is 10.0 Å². The maximum Gasteiger partial charge on any atom is 0.238 e. The number of halogens is 2. The van der Waals surface area contributed by atoms with Crippen molar-refractivity contribution in [3.63, 3.8) is 0 Å². The fourth-order valence-corrected chi connectivity index (χ4v) is 5.03. The molecule has 0 spiro atoms. The van der Waals surface area contributed by atoms with Gasteiger partial charge in [0.05, 0.1) is 4.90 Å². The number of hydrogen-bond acceptors (Lipinski definition) is 6. The molecule has 0 fully saturated rings. The van der Waals surface area contributed by atoms with Crippen LogP contribution in [0.2, 0.25) is 0 Å². The summed E-state index contributed by atoms with van der Waals surface area (Å²) in [6, 6.07) is 13.5. The van der Waals surface area contributed by atoms with Crippen molar-refractivity contribution in [2.75, 3.05) is 15.8 Å². The van der Waals surface area contributed by atoms with Gasteiger partial charge in [-0.15, -0.1) is 0 Å². The van der Waals surface area contributed by atoms with E-state index in [4.69, 9.17) is 9.88 Å². The monoisotopic (exact) mass is 505 g/mol. The molecule has 2 unspecified atom stereocenters. The third kappa shape index (κ3) is 5.29. The van der Waals surface area contributed by atoms with Crippen molar-refractivity contribution in [2.24, 2.45) is 5.14 Å². The van der Waals surface area contributed by atoms with Gasteiger partial charge >= 0.3 is 0 Å². The lowest BCUT2D eigenvalue weighted by Gasteiger charge is -2.33. The number of rotatable bonds is 7. The van der Waals surface area contributed by atoms with E-state index in [9.17, 15) is 17.2 Å². The van der Waals surface area contributed by atoms with Crippen LogP contribution in [0.3, 0.4) is 0 Å². The molecule has 4 N–H and O–H groups in total. The van der Waals surface area contributed by atoms with Crippen molar-refractivity contribution >= 4 is 33.3 Å². The highest BCUT2D eigenvalue weighted by Crippen LogP contribution is 2.45. The summed E-state index contributed by atoms with van der Waals surface area (Å²) in [5.74, 6) is -0.457. The lowest BCUT2D eigenvalue weighted by atomic mass is 9.82. The number of primary sulfonamides is 1. The van der Waals surface area contributed by atoms with E-state index in [-0.39, 0.29) is 22.6 Å². The molecule has 180 valence electrons. The van der Waals surface area contributed by atoms with Crippen molar-refractivity contribution in [1.82, 2.24) is 0 Å². The molecule has 2 atom stereocenters. The number of nitrogens with one attached hydrogen (secondary N) is 2. The molecule has 0 saturated heterocycles. The molecule has 10 heteroatoms. The molecule has 34 heavy (non-hydrogen) atoms. The van der Waals surface area contributed by atoms with Gasteiger partial charge < -0.3 is 14.8 Å². The highest BCUT2D eigenvalue weighted by molar-refractivity contribution is 8.00. The lowest BCUT2D eigenvalue weighted by Crippen LogP contribution is -2.26. The van der Waals surface area contributed by atoms with Gasteiger partial charge in [-0.05, 0) is 61.4 Å². The Labute approximate surface area is 202 Å². The summed E-state index contributed by atoms with van der Waals surface area (Å²) >= 11 is 1.54. The molecule has 3 aromatic rings. The van der Waals surface area contributed by atoms with E-state index < -0.39 is 21.7 Å². The molecule has 6 nitrogen and oxygen atoms in total. The predicted molar refractivity (Wildman–Crippen MR) is 132 cm³/mol. The Morgan fingerprint density at radius 3 is 2.56 bits per heavy atom. The molecule has 0 saturated carbocycles. The van der Waals surface area contributed by atoms with Crippen LogP contribution in [0.5, 0.6) is 11.5 Å². The fraction of sp³-hybridized carbons (Fsp3) is 0.250. The zero-order valence-electron chi connectivity index (χ0n) is 18.6. The number of hydrogen-bond donors (Lipinski definition) is 3. The number of benzene rings is 3. The quantitative estimate of drug-likeness (QED) is 0.350. The molecule has 0 aliphatic carbocycles. The fourth-order valence-electron chi connectivity index (χ4n) is 4.05. The Kier molecular flexibility index (Phi) is 7.01. The first-order chi connectivity index (χ1) is 16.2. The van der Waals surface area contributed by atoms with E-state index in [2.05, 4.69) is 10.0 Å². The minimum Gasteiger partial charge on any atom is -0.454 e. The second-order valence-electron chi connectivity index (χ2n) is 8.09. The lowest BCUT2D eigenvalue weighted by molar-refractivity contribution is 0.429. The van der Waals surface area contributed by atoms with Gasteiger partial charge in [-0.1, -0.05) is 24.9 Å². The second kappa shape index (κ2) is 9.81. The summed E-state index contributed by atoms with van der Waals surface area (Å²) in [5.41, 5.74) is 3.18. The Balaban J connectivity index is 1.81. The summed E-state index contributed by atoms with van der Waals surface area (Å²) < 4.78 is 60.7. The highest BCUT2D eigenvalue weighted by atomic mass is 32.2. The van der Waals surface area contributed by atoms with Crippen molar-refractivity contribution in [1.29, 1.82) is 0 Å². The van der Waals surface area contributed by atoms with Crippen LogP contribution in [0, 0.1) is 11.6 Å². The van der Waals surface area contributed by atoms with Crippen LogP contribution in [0.15, 0.2) is 59.5 Å². The zero-order valence-corrected chi connectivity index (χ0v) is 20.3. The van der Waals surface area contributed by atoms with Crippen LogP contribution in [0.4, 0.5) is 20.2 Å². The van der Waals surface area contributed by atoms with Gasteiger partial charge in [0.1, 0.15) is 11.6 Å². The Bertz CT molecular complexity index is 1320. The molecule has 1 heterocycles. The van der Waals surface area contributed by atoms with E-state index in [1.807, 2.05) is 26.0 Å². The minimum absolute atomic E-state index is 0.0188. The standard InChI is InChI=1S/C24H25F2N3O3S2/c1-3-33-29-16-5-9-23(32-24-8-4-15(25)11-21(24)26)20(12-16)19-10-14(2)28-22-13-17(34(27,30)31)6-7-18(19)22/h4-9,11-14,19,28-29H,3,10H2,1-2H3,(H2,27,30,31). The number of sulfonamides is 1. The van der Waals surface area contributed by atoms with E-state index in [0.29, 0.717) is 17.9 Å². The number of ether oxygens (including phenoxy) is 1. The van der Waals surface area contributed by atoms with Gasteiger partial charge in [0, 0.05) is 40.7 Å². The summed E-state index contributed by atoms with van der Waals surface area (Å²) in [7, 11) is -3.86. The summed E-state index contributed by atoms with van der Waals surface area (Å²) in [6.45, 7) is 4.02. The highest BCUT2D eigenvalue weighted by Gasteiger charge is 2.29. The maximum absolute atomic E-state index is 14.4. The van der Waals surface area contributed by atoms with Crippen LogP contribution < -0.4 is 19.9 Å². The van der Waals surface area contributed by atoms with E-state index in [1.165, 1.54) is 30.1 Å². The molecule has 0 aromatic heterocycles. The first-order valence-corrected chi connectivity index (χ1v) is 13.3. The first-order valence-electron chi connectivity index (χ1n) is 10.7. The molecule has 3 aromatic carbocycles. The third-order valence-electron chi connectivity index (χ3n) is 5.55.